The molecule has 36 heavy (non-hydrogen) atoms. The summed E-state index contributed by atoms with van der Waals surface area (Å²) in [5.41, 5.74) is 3.41. The Kier molecular flexibility index (Phi) is 10.1. The molecule has 8 nitrogen and oxygen atoms in total. The van der Waals surface area contributed by atoms with E-state index >= 15 is 0 Å². The van der Waals surface area contributed by atoms with Crippen LogP contribution in [0.5, 0.6) is 0 Å². The van der Waals surface area contributed by atoms with E-state index in [1.165, 1.54) is 25.9 Å². The summed E-state index contributed by atoms with van der Waals surface area (Å²) in [5, 5.41) is 17.5. The zero-order valence-corrected chi connectivity index (χ0v) is 21.3. The first-order valence-corrected chi connectivity index (χ1v) is 12.0. The van der Waals surface area contributed by atoms with Gasteiger partial charge in [0.15, 0.2) is 12.1 Å². The molecule has 0 bridgehead atoms. The summed E-state index contributed by atoms with van der Waals surface area (Å²) in [7, 11) is 5.87. The van der Waals surface area contributed by atoms with E-state index in [-0.39, 0.29) is 0 Å². The lowest BCUT2D eigenvalue weighted by Gasteiger charge is -2.28. The molecule has 0 atom stereocenters. The fourth-order valence-corrected chi connectivity index (χ4v) is 4.10. The second kappa shape index (κ2) is 13.4. The van der Waals surface area contributed by atoms with Crippen molar-refractivity contribution in [3.8, 4) is 17.5 Å². The first-order chi connectivity index (χ1) is 17.5. The lowest BCUT2D eigenvalue weighted by Crippen LogP contribution is -2.39. The van der Waals surface area contributed by atoms with Gasteiger partial charge in [0.1, 0.15) is 5.69 Å². The number of hydrogen-bond donors (Lipinski definition) is 2. The van der Waals surface area contributed by atoms with Gasteiger partial charge in [-0.3, -0.25) is 4.79 Å². The number of hydrogen-bond acceptors (Lipinski definition) is 8. The van der Waals surface area contributed by atoms with Crippen molar-refractivity contribution in [1.82, 2.24) is 20.2 Å². The molecule has 8 heteroatoms. The smallest absolute Gasteiger partial charge is 0.168 e. The lowest BCUT2D eigenvalue weighted by molar-refractivity contribution is 0.111. The molecule has 1 aliphatic rings. The maximum absolute atomic E-state index is 11.0. The maximum Gasteiger partial charge on any atom is 0.168 e. The number of benzene rings is 2. The molecule has 3 aromatic rings. The summed E-state index contributed by atoms with van der Waals surface area (Å²) in [5.74, 6) is 0.478. The van der Waals surface area contributed by atoms with Crippen LogP contribution in [0.2, 0.25) is 0 Å². The highest BCUT2D eigenvalue weighted by Gasteiger charge is 2.13. The highest BCUT2D eigenvalue weighted by molar-refractivity contribution is 5.98. The third-order valence-corrected chi connectivity index (χ3v) is 6.23. The fourth-order valence-electron chi connectivity index (χ4n) is 4.10. The summed E-state index contributed by atoms with van der Waals surface area (Å²) < 4.78 is 5.30. The number of aldehydes is 1. The molecule has 2 aromatic carbocycles. The number of fused-ring (bicyclic) bond motifs is 1. The molecule has 0 amide bonds. The van der Waals surface area contributed by atoms with Crippen molar-refractivity contribution in [2.75, 3.05) is 46.2 Å². The summed E-state index contributed by atoms with van der Waals surface area (Å²) in [6, 6.07) is 14.3. The van der Waals surface area contributed by atoms with Gasteiger partial charge in [-0.25, -0.2) is 9.97 Å². The Morgan fingerprint density at radius 1 is 1.28 bits per heavy atom. The zero-order chi connectivity index (χ0) is 25.9. The van der Waals surface area contributed by atoms with Crippen molar-refractivity contribution in [3.05, 3.63) is 66.0 Å². The van der Waals surface area contributed by atoms with E-state index in [0.717, 1.165) is 33.6 Å². The summed E-state index contributed by atoms with van der Waals surface area (Å²) >= 11 is 0. The second-order valence-corrected chi connectivity index (χ2v) is 8.83. The third kappa shape index (κ3) is 7.18. The van der Waals surface area contributed by atoms with Gasteiger partial charge in [-0.1, -0.05) is 30.8 Å². The van der Waals surface area contributed by atoms with Crippen LogP contribution in [0.15, 0.2) is 54.7 Å². The Bertz CT molecular complexity index is 1230. The lowest BCUT2D eigenvalue weighted by atomic mass is 10.0. The monoisotopic (exact) mass is 486 g/mol. The Balaban J connectivity index is 0.000000338. The van der Waals surface area contributed by atoms with Crippen molar-refractivity contribution < 1.29 is 9.53 Å². The van der Waals surface area contributed by atoms with Crippen LogP contribution >= 0.6 is 0 Å². The van der Waals surface area contributed by atoms with Crippen LogP contribution in [0.4, 0.5) is 5.69 Å². The number of carbonyl (C=O) groups is 1. The summed E-state index contributed by atoms with van der Waals surface area (Å²) in [4.78, 5) is 21.9. The first-order valence-electron chi connectivity index (χ1n) is 12.0. The average molecular weight is 487 g/mol. The van der Waals surface area contributed by atoms with Crippen molar-refractivity contribution >= 4 is 22.7 Å². The summed E-state index contributed by atoms with van der Waals surface area (Å²) in [6.07, 6.45) is 4.89. The van der Waals surface area contributed by atoms with E-state index in [4.69, 9.17) is 10.00 Å². The van der Waals surface area contributed by atoms with Crippen molar-refractivity contribution in [2.45, 2.75) is 25.5 Å². The zero-order valence-electron chi connectivity index (χ0n) is 21.3. The van der Waals surface area contributed by atoms with Crippen LogP contribution < -0.4 is 10.6 Å². The maximum atomic E-state index is 11.0. The molecule has 2 N–H and O–H groups in total. The van der Waals surface area contributed by atoms with Crippen LogP contribution in [0.1, 0.15) is 28.9 Å². The molecule has 4 rings (SSSR count). The largest absolute Gasteiger partial charge is 0.380 e. The van der Waals surface area contributed by atoms with Gasteiger partial charge in [0, 0.05) is 53.7 Å². The molecule has 1 aromatic heterocycles. The van der Waals surface area contributed by atoms with Crippen LogP contribution in [0.25, 0.3) is 22.2 Å². The number of nitrogens with one attached hydrogen (secondary N) is 2. The van der Waals surface area contributed by atoms with E-state index in [1.807, 2.05) is 36.4 Å². The molecule has 0 radical (unpaired) electrons. The number of methoxy groups -OCH3 is 1. The van der Waals surface area contributed by atoms with Gasteiger partial charge in [-0.15, -0.1) is 0 Å². The number of carbonyl (C=O) groups excluding carboxylic acids is 1. The fraction of sp³-hybridized carbons (Fsp3) is 0.357. The van der Waals surface area contributed by atoms with Crippen LogP contribution in [0, 0.1) is 11.3 Å². The van der Waals surface area contributed by atoms with Gasteiger partial charge in [0.25, 0.3) is 0 Å². The highest BCUT2D eigenvalue weighted by Crippen LogP contribution is 2.31. The first kappa shape index (κ1) is 27.0. The predicted octanol–water partition coefficient (Wildman–Crippen LogP) is 4.05. The molecular formula is C28H34N6O2. The minimum absolute atomic E-state index is 0.330. The van der Waals surface area contributed by atoms with E-state index in [2.05, 4.69) is 46.2 Å². The average Bonchev–Trinajstić information content (AvgIpc) is 2.92. The van der Waals surface area contributed by atoms with Crippen LogP contribution in [-0.2, 0) is 11.3 Å². The van der Waals surface area contributed by atoms with Crippen LogP contribution in [0.3, 0.4) is 0 Å². The quantitative estimate of drug-likeness (QED) is 0.363. The van der Waals surface area contributed by atoms with Crippen molar-refractivity contribution in [1.29, 1.82) is 5.26 Å². The number of aromatic nitrogens is 2. The van der Waals surface area contributed by atoms with E-state index < -0.39 is 0 Å². The molecule has 0 spiro atoms. The summed E-state index contributed by atoms with van der Waals surface area (Å²) in [6.45, 7) is 7.00. The molecule has 188 valence electrons. The molecule has 1 aliphatic heterocycles. The van der Waals surface area contributed by atoms with Crippen LogP contribution in [-0.4, -0.2) is 68.0 Å². The Hall–Kier alpha value is -3.64. The number of rotatable bonds is 8. The van der Waals surface area contributed by atoms with Crippen molar-refractivity contribution in [2.24, 2.45) is 0 Å². The second-order valence-electron chi connectivity index (χ2n) is 8.83. The molecule has 0 aliphatic carbocycles. The van der Waals surface area contributed by atoms with E-state index in [9.17, 15) is 4.79 Å². The normalized spacial score (nSPS) is 13.9. The molecule has 1 fully saturated rings. The van der Waals surface area contributed by atoms with E-state index in [1.54, 1.807) is 19.4 Å². The van der Waals surface area contributed by atoms with Gasteiger partial charge < -0.3 is 20.3 Å². The van der Waals surface area contributed by atoms with Gasteiger partial charge >= 0.3 is 0 Å². The molecule has 2 heterocycles. The number of likely N-dealkylation sites (tertiary alicyclic amines) is 1. The van der Waals surface area contributed by atoms with Gasteiger partial charge in [0.05, 0.1) is 12.7 Å². The minimum Gasteiger partial charge on any atom is -0.380 e. The Morgan fingerprint density at radius 3 is 2.69 bits per heavy atom. The Labute approximate surface area is 213 Å². The third-order valence-electron chi connectivity index (χ3n) is 6.23. The van der Waals surface area contributed by atoms with Gasteiger partial charge in [0.2, 0.25) is 0 Å². The molecule has 1 saturated heterocycles. The SMILES string of the molecule is C=C(C#N)CNc1c(COC)ccc2ccc(-c3nccc(C=O)n3)cc12.CNC1CCN(C)CC1. The molecule has 0 saturated carbocycles. The number of anilines is 1. The Morgan fingerprint density at radius 2 is 2.03 bits per heavy atom. The number of nitrogens with zero attached hydrogens (tertiary/aromatic N) is 4. The number of nitriles is 1. The topological polar surface area (TPSA) is 103 Å². The number of piperidine rings is 1. The highest BCUT2D eigenvalue weighted by atomic mass is 16.5. The van der Waals surface area contributed by atoms with Crippen molar-refractivity contribution in [3.63, 3.8) is 0 Å². The van der Waals surface area contributed by atoms with Gasteiger partial charge in [-0.05, 0) is 57.5 Å². The predicted molar refractivity (Wildman–Crippen MR) is 144 cm³/mol. The molecular weight excluding hydrogens is 452 g/mol. The van der Waals surface area contributed by atoms with Gasteiger partial charge in [-0.2, -0.15) is 5.26 Å². The standard InChI is InChI=1S/C21H18N4O2.C7H16N2/c1-14(10-22)11-24-20-17(13-27-2)6-4-15-3-5-16(9-19(15)20)21-23-8-7-18(12-26)25-21;1-8-7-3-5-9(2)6-4-7/h3-9,12,24H,1,11,13H2,2H3;7-8H,3-6H2,1-2H3. The molecule has 0 unspecified atom stereocenters. The minimum atomic E-state index is 0.330. The van der Waals surface area contributed by atoms with E-state index in [0.29, 0.717) is 36.5 Å². The number of ether oxygens (including phenoxy) is 1.